The summed E-state index contributed by atoms with van der Waals surface area (Å²) in [6.45, 7) is 3.14. The molecule has 2 heterocycles. The third kappa shape index (κ3) is 3.73. The number of anilines is 1. The molecule has 0 aliphatic rings. The Hall–Kier alpha value is -2.51. The first-order chi connectivity index (χ1) is 9.29. The summed E-state index contributed by atoms with van der Waals surface area (Å²) >= 11 is 0. The first-order valence-electron chi connectivity index (χ1n) is 6.00. The smallest absolute Gasteiger partial charge is 0.270 e. The number of carbonyl (C=O) groups excluding carboxylic acids is 1. The maximum absolute atomic E-state index is 11.9. The van der Waals surface area contributed by atoms with E-state index in [0.717, 1.165) is 18.7 Å². The van der Waals surface area contributed by atoms with E-state index in [2.05, 4.69) is 43.2 Å². The van der Waals surface area contributed by atoms with Crippen LogP contribution in [0.2, 0.25) is 0 Å². The van der Waals surface area contributed by atoms with Crippen molar-refractivity contribution < 1.29 is 4.79 Å². The average Bonchev–Trinajstić information content (AvgIpc) is 2.96. The lowest BCUT2D eigenvalue weighted by atomic mass is 10.3. The van der Waals surface area contributed by atoms with Gasteiger partial charge in [-0.25, -0.2) is 0 Å². The topological polar surface area (TPSA) is 108 Å². The Morgan fingerprint density at radius 2 is 2.37 bits per heavy atom. The molecule has 0 aromatic carbocycles. The Morgan fingerprint density at radius 3 is 3.11 bits per heavy atom. The molecule has 2 rings (SSSR count). The van der Waals surface area contributed by atoms with E-state index < -0.39 is 0 Å². The molecule has 0 spiro atoms. The first kappa shape index (κ1) is 12.9. The lowest BCUT2D eigenvalue weighted by Crippen LogP contribution is -2.24. The first-order valence-corrected chi connectivity index (χ1v) is 6.00. The summed E-state index contributed by atoms with van der Waals surface area (Å²) in [5, 5.41) is 19.1. The van der Waals surface area contributed by atoms with Gasteiger partial charge in [0.2, 0.25) is 0 Å². The number of aromatic amines is 1. The van der Waals surface area contributed by atoms with E-state index in [9.17, 15) is 4.79 Å². The summed E-state index contributed by atoms with van der Waals surface area (Å²) in [6, 6.07) is 3.53. The Balaban J connectivity index is 1.94. The predicted octanol–water partition coefficient (Wildman–Crippen LogP) is 0.347. The molecule has 0 atom stereocenters. The molecule has 19 heavy (non-hydrogen) atoms. The normalized spacial score (nSPS) is 10.2. The highest BCUT2D eigenvalue weighted by Gasteiger charge is 2.08. The number of pyridine rings is 1. The minimum Gasteiger partial charge on any atom is -0.385 e. The molecule has 2 aromatic heterocycles. The van der Waals surface area contributed by atoms with Crippen molar-refractivity contribution in [1.82, 2.24) is 30.9 Å². The molecule has 0 fully saturated rings. The summed E-state index contributed by atoms with van der Waals surface area (Å²) < 4.78 is 0. The van der Waals surface area contributed by atoms with Gasteiger partial charge in [0.15, 0.2) is 5.82 Å². The number of H-pyrrole nitrogens is 1. The number of tetrazole rings is 1. The van der Waals surface area contributed by atoms with E-state index in [1.54, 1.807) is 12.3 Å². The van der Waals surface area contributed by atoms with Gasteiger partial charge >= 0.3 is 0 Å². The molecule has 0 radical (unpaired) electrons. The highest BCUT2D eigenvalue weighted by molar-refractivity contribution is 5.92. The minimum atomic E-state index is -0.273. The van der Waals surface area contributed by atoms with Gasteiger partial charge in [0.25, 0.3) is 5.91 Å². The fraction of sp³-hybridized carbons (Fsp3) is 0.364. The second-order valence-electron chi connectivity index (χ2n) is 3.87. The van der Waals surface area contributed by atoms with Crippen LogP contribution in [0.5, 0.6) is 0 Å². The maximum Gasteiger partial charge on any atom is 0.270 e. The third-order valence-electron chi connectivity index (χ3n) is 2.37. The average molecular weight is 261 g/mol. The molecular formula is C11H15N7O. The van der Waals surface area contributed by atoms with E-state index in [0.29, 0.717) is 11.5 Å². The van der Waals surface area contributed by atoms with Crippen molar-refractivity contribution in [3.05, 3.63) is 29.8 Å². The zero-order valence-electron chi connectivity index (χ0n) is 10.6. The van der Waals surface area contributed by atoms with Gasteiger partial charge in [0, 0.05) is 18.4 Å². The van der Waals surface area contributed by atoms with Gasteiger partial charge in [-0.2, -0.15) is 5.21 Å². The van der Waals surface area contributed by atoms with Gasteiger partial charge in [0.05, 0.1) is 6.54 Å². The number of aromatic nitrogens is 5. The van der Waals surface area contributed by atoms with Crippen molar-refractivity contribution in [3.8, 4) is 0 Å². The lowest BCUT2D eigenvalue weighted by molar-refractivity contribution is 0.0945. The van der Waals surface area contributed by atoms with E-state index in [-0.39, 0.29) is 12.5 Å². The fourth-order valence-electron chi connectivity index (χ4n) is 1.44. The van der Waals surface area contributed by atoms with Crippen LogP contribution >= 0.6 is 0 Å². The Morgan fingerprint density at radius 1 is 1.47 bits per heavy atom. The molecule has 0 unspecified atom stereocenters. The Kier molecular flexibility index (Phi) is 4.38. The van der Waals surface area contributed by atoms with Gasteiger partial charge in [0.1, 0.15) is 5.69 Å². The van der Waals surface area contributed by atoms with Gasteiger partial charge < -0.3 is 10.6 Å². The SMILES string of the molecule is CCCNc1ccnc(C(=O)NCc2nn[nH]n2)c1. The van der Waals surface area contributed by atoms with Crippen molar-refractivity contribution in [2.45, 2.75) is 19.9 Å². The molecule has 2 aromatic rings. The van der Waals surface area contributed by atoms with Gasteiger partial charge in [-0.3, -0.25) is 9.78 Å². The second kappa shape index (κ2) is 6.43. The number of hydrogen-bond acceptors (Lipinski definition) is 6. The third-order valence-corrected chi connectivity index (χ3v) is 2.37. The summed E-state index contributed by atoms with van der Waals surface area (Å²) in [4.78, 5) is 15.9. The molecule has 0 bridgehead atoms. The molecule has 0 saturated carbocycles. The van der Waals surface area contributed by atoms with Crippen LogP contribution in [-0.2, 0) is 6.54 Å². The second-order valence-corrected chi connectivity index (χ2v) is 3.87. The number of amides is 1. The quantitative estimate of drug-likeness (QED) is 0.692. The lowest BCUT2D eigenvalue weighted by Gasteiger charge is -2.06. The molecule has 0 aliphatic carbocycles. The predicted molar refractivity (Wildman–Crippen MR) is 68.4 cm³/mol. The van der Waals surface area contributed by atoms with Gasteiger partial charge in [-0.05, 0) is 18.6 Å². The van der Waals surface area contributed by atoms with E-state index in [1.165, 1.54) is 0 Å². The molecule has 3 N–H and O–H groups in total. The Bertz CT molecular complexity index is 526. The maximum atomic E-state index is 11.9. The van der Waals surface area contributed by atoms with Crippen molar-refractivity contribution in [2.75, 3.05) is 11.9 Å². The van der Waals surface area contributed by atoms with Crippen molar-refractivity contribution in [3.63, 3.8) is 0 Å². The van der Waals surface area contributed by atoms with Crippen molar-refractivity contribution in [1.29, 1.82) is 0 Å². The summed E-state index contributed by atoms with van der Waals surface area (Å²) in [5.41, 5.74) is 1.23. The molecule has 8 nitrogen and oxygen atoms in total. The summed E-state index contributed by atoms with van der Waals surface area (Å²) in [7, 11) is 0. The van der Waals surface area contributed by atoms with E-state index in [4.69, 9.17) is 0 Å². The number of rotatable bonds is 6. The molecule has 0 aliphatic heterocycles. The van der Waals surface area contributed by atoms with Crippen LogP contribution < -0.4 is 10.6 Å². The summed E-state index contributed by atoms with van der Waals surface area (Å²) in [5.74, 6) is 0.151. The van der Waals surface area contributed by atoms with E-state index >= 15 is 0 Å². The zero-order valence-corrected chi connectivity index (χ0v) is 10.6. The van der Waals surface area contributed by atoms with Crippen LogP contribution in [0.1, 0.15) is 29.7 Å². The van der Waals surface area contributed by atoms with Crippen LogP contribution in [0, 0.1) is 0 Å². The van der Waals surface area contributed by atoms with Crippen LogP contribution in [0.15, 0.2) is 18.3 Å². The monoisotopic (exact) mass is 261 g/mol. The minimum absolute atomic E-state index is 0.212. The number of carbonyl (C=O) groups is 1. The van der Waals surface area contributed by atoms with Crippen molar-refractivity contribution >= 4 is 11.6 Å². The Labute approximate surface area is 110 Å². The van der Waals surface area contributed by atoms with Crippen molar-refractivity contribution in [2.24, 2.45) is 0 Å². The molecule has 0 saturated heterocycles. The van der Waals surface area contributed by atoms with Crippen LogP contribution in [0.4, 0.5) is 5.69 Å². The fourth-order valence-corrected chi connectivity index (χ4v) is 1.44. The molecule has 100 valence electrons. The van der Waals surface area contributed by atoms with Crippen LogP contribution in [0.25, 0.3) is 0 Å². The molecule has 1 amide bonds. The highest BCUT2D eigenvalue weighted by atomic mass is 16.1. The van der Waals surface area contributed by atoms with Crippen LogP contribution in [0.3, 0.4) is 0 Å². The molecule has 8 heteroatoms. The highest BCUT2D eigenvalue weighted by Crippen LogP contribution is 2.07. The largest absolute Gasteiger partial charge is 0.385 e. The summed E-state index contributed by atoms with van der Waals surface area (Å²) in [6.07, 6.45) is 2.61. The molecular weight excluding hydrogens is 246 g/mol. The zero-order chi connectivity index (χ0) is 13.5. The number of nitrogens with zero attached hydrogens (tertiary/aromatic N) is 4. The van der Waals surface area contributed by atoms with Crippen LogP contribution in [-0.4, -0.2) is 38.1 Å². The number of hydrogen-bond donors (Lipinski definition) is 3. The van der Waals surface area contributed by atoms with Gasteiger partial charge in [-0.1, -0.05) is 12.1 Å². The number of nitrogens with one attached hydrogen (secondary N) is 3. The van der Waals surface area contributed by atoms with E-state index in [1.807, 2.05) is 6.07 Å². The standard InChI is InChI=1S/C11H15N7O/c1-2-4-12-8-3-5-13-9(6-8)11(19)14-7-10-15-17-18-16-10/h3,5-6H,2,4,7H2,1H3,(H,12,13)(H,14,19)(H,15,16,17,18). The van der Waals surface area contributed by atoms with Gasteiger partial charge in [-0.15, -0.1) is 10.2 Å².